The third kappa shape index (κ3) is 1.64. The van der Waals surface area contributed by atoms with E-state index in [0.717, 1.165) is 3.70 Å². The average molecular weight is 230 g/mol. The van der Waals surface area contributed by atoms with Gasteiger partial charge in [0.2, 0.25) is 0 Å². The molecule has 0 amide bonds. The summed E-state index contributed by atoms with van der Waals surface area (Å²) in [6.07, 6.45) is 5.04. The first-order valence-electron chi connectivity index (χ1n) is 2.29. The maximum Gasteiger partial charge on any atom is 0.135 e. The summed E-state index contributed by atoms with van der Waals surface area (Å²) >= 11 is 2.07. The monoisotopic (exact) mass is 230 g/mol. The molecule has 0 aromatic carbocycles. The van der Waals surface area contributed by atoms with Crippen LogP contribution < -0.4 is 0 Å². The van der Waals surface area contributed by atoms with Crippen LogP contribution in [0.25, 0.3) is 0 Å². The quantitative estimate of drug-likeness (QED) is 0.492. The molecule has 44 valence electrons. The van der Waals surface area contributed by atoms with E-state index in [4.69, 9.17) is 6.42 Å². The highest BCUT2D eigenvalue weighted by Crippen LogP contribution is 1.97. The molecule has 0 saturated heterocycles. The SMILES string of the molecule is C#Cc1ccc(I)nn1. The first kappa shape index (κ1) is 6.49. The van der Waals surface area contributed by atoms with Gasteiger partial charge in [0, 0.05) is 0 Å². The van der Waals surface area contributed by atoms with Gasteiger partial charge in [-0.1, -0.05) is 0 Å². The number of hydrogen-bond donors (Lipinski definition) is 0. The second-order valence-electron chi connectivity index (χ2n) is 1.39. The Morgan fingerprint density at radius 2 is 2.22 bits per heavy atom. The number of halogens is 1. The van der Waals surface area contributed by atoms with E-state index in [1.54, 1.807) is 6.07 Å². The second kappa shape index (κ2) is 2.78. The van der Waals surface area contributed by atoms with Crippen molar-refractivity contribution in [3.8, 4) is 12.3 Å². The van der Waals surface area contributed by atoms with E-state index in [-0.39, 0.29) is 0 Å². The Bertz CT molecular complexity index is 234. The second-order valence-corrected chi connectivity index (χ2v) is 2.49. The molecule has 2 nitrogen and oxygen atoms in total. The van der Waals surface area contributed by atoms with Crippen molar-refractivity contribution in [1.82, 2.24) is 10.2 Å². The van der Waals surface area contributed by atoms with Gasteiger partial charge in [-0.3, -0.25) is 0 Å². The Labute approximate surface area is 66.8 Å². The fraction of sp³-hybridized carbons (Fsp3) is 0. The lowest BCUT2D eigenvalue weighted by Crippen LogP contribution is -1.87. The third-order valence-electron chi connectivity index (χ3n) is 0.780. The van der Waals surface area contributed by atoms with Crippen molar-refractivity contribution < 1.29 is 0 Å². The van der Waals surface area contributed by atoms with E-state index < -0.39 is 0 Å². The summed E-state index contributed by atoms with van der Waals surface area (Å²) in [5.74, 6) is 2.38. The Hall–Kier alpha value is -0.630. The van der Waals surface area contributed by atoms with E-state index in [1.807, 2.05) is 6.07 Å². The maximum atomic E-state index is 5.04. The molecule has 0 aliphatic carbocycles. The van der Waals surface area contributed by atoms with Crippen molar-refractivity contribution in [1.29, 1.82) is 0 Å². The van der Waals surface area contributed by atoms with Crippen LogP contribution in [0.15, 0.2) is 12.1 Å². The minimum Gasteiger partial charge on any atom is -0.143 e. The standard InChI is InChI=1S/C6H3IN2/c1-2-5-3-4-6(7)9-8-5/h1,3-4H. The van der Waals surface area contributed by atoms with Crippen molar-refractivity contribution in [3.63, 3.8) is 0 Å². The van der Waals surface area contributed by atoms with Gasteiger partial charge >= 0.3 is 0 Å². The van der Waals surface area contributed by atoms with Crippen molar-refractivity contribution in [2.24, 2.45) is 0 Å². The minimum absolute atomic E-state index is 0.579. The Balaban J connectivity index is 3.06. The average Bonchev–Trinajstić information content (AvgIpc) is 1.90. The largest absolute Gasteiger partial charge is 0.143 e. The zero-order chi connectivity index (χ0) is 6.69. The molecule has 0 aliphatic rings. The number of nitrogens with zero attached hydrogens (tertiary/aromatic N) is 2. The van der Waals surface area contributed by atoms with Crippen LogP contribution in [0.5, 0.6) is 0 Å². The lowest BCUT2D eigenvalue weighted by molar-refractivity contribution is 0.987. The van der Waals surface area contributed by atoms with E-state index >= 15 is 0 Å². The molecule has 1 heterocycles. The summed E-state index contributed by atoms with van der Waals surface area (Å²) in [6, 6.07) is 3.58. The molecule has 0 radical (unpaired) electrons. The Morgan fingerprint density at radius 1 is 1.44 bits per heavy atom. The Morgan fingerprint density at radius 3 is 2.67 bits per heavy atom. The zero-order valence-electron chi connectivity index (χ0n) is 4.50. The molecule has 9 heavy (non-hydrogen) atoms. The number of terminal acetylenes is 1. The van der Waals surface area contributed by atoms with Gasteiger partial charge in [0.05, 0.1) is 0 Å². The van der Waals surface area contributed by atoms with Crippen LogP contribution in [-0.4, -0.2) is 10.2 Å². The van der Waals surface area contributed by atoms with Crippen molar-refractivity contribution >= 4 is 22.6 Å². The van der Waals surface area contributed by atoms with Crippen LogP contribution in [0.2, 0.25) is 0 Å². The maximum absolute atomic E-state index is 5.04. The lowest BCUT2D eigenvalue weighted by atomic mass is 10.4. The smallest absolute Gasteiger partial charge is 0.135 e. The normalized spacial score (nSPS) is 8.44. The summed E-state index contributed by atoms with van der Waals surface area (Å²) in [5, 5.41) is 7.45. The number of hydrogen-bond acceptors (Lipinski definition) is 2. The molecular formula is C6H3IN2. The Kier molecular flexibility index (Phi) is 2.01. The van der Waals surface area contributed by atoms with E-state index in [9.17, 15) is 0 Å². The molecule has 1 rings (SSSR count). The minimum atomic E-state index is 0.579. The van der Waals surface area contributed by atoms with Crippen LogP contribution in [0.3, 0.4) is 0 Å². The molecule has 1 aromatic heterocycles. The van der Waals surface area contributed by atoms with Crippen molar-refractivity contribution in [2.75, 3.05) is 0 Å². The third-order valence-corrected chi connectivity index (χ3v) is 1.36. The van der Waals surface area contributed by atoms with Gasteiger partial charge in [-0.15, -0.1) is 16.6 Å². The van der Waals surface area contributed by atoms with Crippen molar-refractivity contribution in [3.05, 3.63) is 21.5 Å². The number of rotatable bonds is 0. The summed E-state index contributed by atoms with van der Waals surface area (Å²) in [5.41, 5.74) is 0.579. The predicted molar refractivity (Wildman–Crippen MR) is 42.7 cm³/mol. The summed E-state index contributed by atoms with van der Waals surface area (Å²) in [7, 11) is 0. The van der Waals surface area contributed by atoms with Gasteiger partial charge in [0.15, 0.2) is 0 Å². The molecule has 0 fully saturated rings. The van der Waals surface area contributed by atoms with Gasteiger partial charge in [-0.25, -0.2) is 0 Å². The molecule has 0 saturated carbocycles. The van der Waals surface area contributed by atoms with Gasteiger partial charge in [-0.05, 0) is 40.6 Å². The van der Waals surface area contributed by atoms with E-state index in [2.05, 4.69) is 38.7 Å². The van der Waals surface area contributed by atoms with Crippen LogP contribution in [0.1, 0.15) is 5.69 Å². The van der Waals surface area contributed by atoms with Crippen LogP contribution in [0, 0.1) is 16.0 Å². The van der Waals surface area contributed by atoms with Gasteiger partial charge in [0.1, 0.15) is 9.39 Å². The van der Waals surface area contributed by atoms with Crippen LogP contribution in [-0.2, 0) is 0 Å². The summed E-state index contributed by atoms with van der Waals surface area (Å²) in [6.45, 7) is 0. The highest BCUT2D eigenvalue weighted by atomic mass is 127. The van der Waals surface area contributed by atoms with Crippen LogP contribution >= 0.6 is 22.6 Å². The molecule has 0 unspecified atom stereocenters. The van der Waals surface area contributed by atoms with E-state index in [0.29, 0.717) is 5.69 Å². The molecule has 0 spiro atoms. The predicted octanol–water partition coefficient (Wildman–Crippen LogP) is 1.06. The highest BCUT2D eigenvalue weighted by Gasteiger charge is 1.87. The molecule has 0 N–H and O–H groups in total. The van der Waals surface area contributed by atoms with Crippen molar-refractivity contribution in [2.45, 2.75) is 0 Å². The first-order valence-corrected chi connectivity index (χ1v) is 3.36. The molecule has 0 aliphatic heterocycles. The van der Waals surface area contributed by atoms with Gasteiger partial charge in [0.25, 0.3) is 0 Å². The molecule has 0 atom stereocenters. The highest BCUT2D eigenvalue weighted by molar-refractivity contribution is 14.1. The fourth-order valence-corrected chi connectivity index (χ4v) is 0.681. The summed E-state index contributed by atoms with van der Waals surface area (Å²) < 4.78 is 0.853. The fourth-order valence-electron chi connectivity index (χ4n) is 0.393. The van der Waals surface area contributed by atoms with Crippen LogP contribution in [0.4, 0.5) is 0 Å². The molecule has 1 aromatic rings. The first-order chi connectivity index (χ1) is 4.33. The van der Waals surface area contributed by atoms with E-state index in [1.165, 1.54) is 0 Å². The summed E-state index contributed by atoms with van der Waals surface area (Å²) in [4.78, 5) is 0. The molecular weight excluding hydrogens is 227 g/mol. The van der Waals surface area contributed by atoms with Gasteiger partial charge in [-0.2, -0.15) is 0 Å². The number of aromatic nitrogens is 2. The molecule has 3 heteroatoms. The van der Waals surface area contributed by atoms with Gasteiger partial charge < -0.3 is 0 Å². The topological polar surface area (TPSA) is 25.8 Å². The zero-order valence-corrected chi connectivity index (χ0v) is 6.66. The lowest BCUT2D eigenvalue weighted by Gasteiger charge is -1.85. The molecule has 0 bridgehead atoms.